The van der Waals surface area contributed by atoms with Crippen molar-refractivity contribution in [1.29, 1.82) is 0 Å². The maximum absolute atomic E-state index is 12.3. The second-order valence-corrected chi connectivity index (χ2v) is 7.65. The van der Waals surface area contributed by atoms with Gasteiger partial charge in [0.05, 0.1) is 6.61 Å². The minimum absolute atomic E-state index is 0.284. The van der Waals surface area contributed by atoms with Gasteiger partial charge in [0, 0.05) is 26.7 Å². The topological polar surface area (TPSA) is 67.9 Å². The summed E-state index contributed by atoms with van der Waals surface area (Å²) in [5.74, 6) is 1.35. The van der Waals surface area contributed by atoms with E-state index in [-0.39, 0.29) is 6.54 Å². The van der Waals surface area contributed by atoms with Gasteiger partial charge < -0.3 is 9.47 Å². The number of rotatable bonds is 8. The SMILES string of the molecule is COCCOc1ccc(CNS(=O)(=O)N2CCC(C)CC2)cc1. The fourth-order valence-electron chi connectivity index (χ4n) is 2.44. The van der Waals surface area contributed by atoms with Crippen molar-refractivity contribution in [2.24, 2.45) is 5.92 Å². The van der Waals surface area contributed by atoms with E-state index in [0.29, 0.717) is 32.2 Å². The Bertz CT molecular complexity index is 566. The minimum Gasteiger partial charge on any atom is -0.491 e. The van der Waals surface area contributed by atoms with E-state index in [1.807, 2.05) is 24.3 Å². The molecule has 1 heterocycles. The molecule has 6 nitrogen and oxygen atoms in total. The molecule has 130 valence electrons. The molecule has 1 N–H and O–H groups in total. The van der Waals surface area contributed by atoms with E-state index in [4.69, 9.17) is 9.47 Å². The van der Waals surface area contributed by atoms with E-state index in [9.17, 15) is 8.42 Å². The lowest BCUT2D eigenvalue weighted by Crippen LogP contribution is -2.44. The van der Waals surface area contributed by atoms with Crippen molar-refractivity contribution in [3.8, 4) is 5.75 Å². The number of hydrogen-bond acceptors (Lipinski definition) is 4. The number of nitrogens with zero attached hydrogens (tertiary/aromatic N) is 1. The van der Waals surface area contributed by atoms with Crippen LogP contribution in [0, 0.1) is 5.92 Å². The Kier molecular flexibility index (Phi) is 6.83. The van der Waals surface area contributed by atoms with Crippen LogP contribution in [0.4, 0.5) is 0 Å². The van der Waals surface area contributed by atoms with Crippen molar-refractivity contribution in [2.45, 2.75) is 26.3 Å². The zero-order chi connectivity index (χ0) is 16.7. The summed E-state index contributed by atoms with van der Waals surface area (Å²) in [6, 6.07) is 7.40. The van der Waals surface area contributed by atoms with Crippen molar-refractivity contribution in [3.63, 3.8) is 0 Å². The van der Waals surface area contributed by atoms with Crippen molar-refractivity contribution in [3.05, 3.63) is 29.8 Å². The van der Waals surface area contributed by atoms with Gasteiger partial charge in [-0.25, -0.2) is 0 Å². The molecule has 23 heavy (non-hydrogen) atoms. The second kappa shape index (κ2) is 8.63. The van der Waals surface area contributed by atoms with Crippen LogP contribution in [0.3, 0.4) is 0 Å². The van der Waals surface area contributed by atoms with Crippen LogP contribution in [-0.4, -0.2) is 46.1 Å². The summed E-state index contributed by atoms with van der Waals surface area (Å²) in [5.41, 5.74) is 0.901. The molecule has 7 heteroatoms. The molecular weight excluding hydrogens is 316 g/mol. The molecule has 0 aliphatic carbocycles. The molecule has 0 aromatic heterocycles. The van der Waals surface area contributed by atoms with E-state index < -0.39 is 10.2 Å². The van der Waals surface area contributed by atoms with Gasteiger partial charge in [-0.05, 0) is 36.5 Å². The van der Waals surface area contributed by atoms with Gasteiger partial charge in [-0.3, -0.25) is 0 Å². The second-order valence-electron chi connectivity index (χ2n) is 5.89. The third-order valence-electron chi connectivity index (χ3n) is 4.02. The first-order valence-electron chi connectivity index (χ1n) is 7.96. The predicted octanol–water partition coefficient (Wildman–Crippen LogP) is 1.78. The molecule has 0 amide bonds. The molecule has 0 spiro atoms. The molecule has 0 saturated carbocycles. The van der Waals surface area contributed by atoms with Gasteiger partial charge >= 0.3 is 0 Å². The summed E-state index contributed by atoms with van der Waals surface area (Å²) in [7, 11) is -1.77. The van der Waals surface area contributed by atoms with Crippen LogP contribution in [-0.2, 0) is 21.5 Å². The molecule has 2 rings (SSSR count). The van der Waals surface area contributed by atoms with E-state index in [1.165, 1.54) is 4.31 Å². The number of nitrogens with one attached hydrogen (secondary N) is 1. The van der Waals surface area contributed by atoms with Gasteiger partial charge in [0.15, 0.2) is 0 Å². The Morgan fingerprint density at radius 1 is 1.17 bits per heavy atom. The highest BCUT2D eigenvalue weighted by Crippen LogP contribution is 2.18. The quantitative estimate of drug-likeness (QED) is 0.731. The summed E-state index contributed by atoms with van der Waals surface area (Å²) in [6.07, 6.45) is 1.85. The molecular formula is C16H26N2O4S. The van der Waals surface area contributed by atoms with Crippen molar-refractivity contribution in [2.75, 3.05) is 33.4 Å². The number of benzene rings is 1. The Balaban J connectivity index is 1.82. The van der Waals surface area contributed by atoms with E-state index in [2.05, 4.69) is 11.6 Å². The Labute approximate surface area is 139 Å². The van der Waals surface area contributed by atoms with Gasteiger partial charge in [-0.2, -0.15) is 17.4 Å². The van der Waals surface area contributed by atoms with Crippen molar-refractivity contribution in [1.82, 2.24) is 9.03 Å². The van der Waals surface area contributed by atoms with Gasteiger partial charge in [0.1, 0.15) is 12.4 Å². The zero-order valence-electron chi connectivity index (χ0n) is 13.8. The maximum atomic E-state index is 12.3. The molecule has 0 unspecified atom stereocenters. The highest BCUT2D eigenvalue weighted by molar-refractivity contribution is 7.87. The molecule has 1 saturated heterocycles. The lowest BCUT2D eigenvalue weighted by molar-refractivity contribution is 0.146. The minimum atomic E-state index is -3.40. The average Bonchev–Trinajstić information content (AvgIpc) is 2.55. The lowest BCUT2D eigenvalue weighted by Gasteiger charge is -2.29. The molecule has 0 radical (unpaired) electrons. The summed E-state index contributed by atoms with van der Waals surface area (Å²) < 4.78 is 39.2. The number of ether oxygens (including phenoxy) is 2. The number of piperidine rings is 1. The van der Waals surface area contributed by atoms with Crippen LogP contribution in [0.15, 0.2) is 24.3 Å². The van der Waals surface area contributed by atoms with E-state index in [1.54, 1.807) is 7.11 Å². The third-order valence-corrected chi connectivity index (χ3v) is 5.57. The van der Waals surface area contributed by atoms with E-state index >= 15 is 0 Å². The van der Waals surface area contributed by atoms with Crippen LogP contribution >= 0.6 is 0 Å². The molecule has 0 atom stereocenters. The van der Waals surface area contributed by atoms with Gasteiger partial charge in [0.2, 0.25) is 0 Å². The Morgan fingerprint density at radius 3 is 2.43 bits per heavy atom. The first-order valence-corrected chi connectivity index (χ1v) is 9.40. The van der Waals surface area contributed by atoms with Gasteiger partial charge in [-0.1, -0.05) is 19.1 Å². The molecule has 1 fully saturated rings. The van der Waals surface area contributed by atoms with Crippen molar-refractivity contribution >= 4 is 10.2 Å². The standard InChI is InChI=1S/C16H26N2O4S/c1-14-7-9-18(10-8-14)23(19,20)17-13-15-3-5-16(6-4-15)22-12-11-21-2/h3-6,14,17H,7-13H2,1-2H3. The first kappa shape index (κ1) is 18.2. The lowest BCUT2D eigenvalue weighted by atomic mass is 10.0. The average molecular weight is 342 g/mol. The third kappa shape index (κ3) is 5.76. The largest absolute Gasteiger partial charge is 0.491 e. The number of hydrogen-bond donors (Lipinski definition) is 1. The van der Waals surface area contributed by atoms with Crippen LogP contribution < -0.4 is 9.46 Å². The van der Waals surface area contributed by atoms with E-state index in [0.717, 1.165) is 24.2 Å². The smallest absolute Gasteiger partial charge is 0.279 e. The van der Waals surface area contributed by atoms with Crippen LogP contribution in [0.25, 0.3) is 0 Å². The van der Waals surface area contributed by atoms with Gasteiger partial charge in [-0.15, -0.1) is 0 Å². The monoisotopic (exact) mass is 342 g/mol. The first-order chi connectivity index (χ1) is 11.0. The normalized spacial score (nSPS) is 17.3. The highest BCUT2D eigenvalue weighted by Gasteiger charge is 2.25. The van der Waals surface area contributed by atoms with Crippen LogP contribution in [0.1, 0.15) is 25.3 Å². The molecule has 1 aromatic carbocycles. The molecule has 0 bridgehead atoms. The summed E-state index contributed by atoms with van der Waals surface area (Å²) >= 11 is 0. The Morgan fingerprint density at radius 2 is 1.83 bits per heavy atom. The summed E-state index contributed by atoms with van der Waals surface area (Å²) in [5, 5.41) is 0. The zero-order valence-corrected chi connectivity index (χ0v) is 14.6. The fraction of sp³-hybridized carbons (Fsp3) is 0.625. The summed E-state index contributed by atoms with van der Waals surface area (Å²) in [6.45, 7) is 4.68. The van der Waals surface area contributed by atoms with Crippen LogP contribution in [0.5, 0.6) is 5.75 Å². The van der Waals surface area contributed by atoms with Crippen molar-refractivity contribution < 1.29 is 17.9 Å². The molecule has 1 aliphatic heterocycles. The van der Waals surface area contributed by atoms with Crippen LogP contribution in [0.2, 0.25) is 0 Å². The highest BCUT2D eigenvalue weighted by atomic mass is 32.2. The Hall–Kier alpha value is -1.15. The predicted molar refractivity (Wildman–Crippen MR) is 89.5 cm³/mol. The number of methoxy groups -OCH3 is 1. The fourth-order valence-corrected chi connectivity index (χ4v) is 3.66. The molecule has 1 aromatic rings. The molecule has 1 aliphatic rings. The van der Waals surface area contributed by atoms with Gasteiger partial charge in [0.25, 0.3) is 10.2 Å². The summed E-state index contributed by atoms with van der Waals surface area (Å²) in [4.78, 5) is 0. The maximum Gasteiger partial charge on any atom is 0.279 e.